The van der Waals surface area contributed by atoms with Gasteiger partial charge in [-0.25, -0.2) is 13.4 Å². The lowest BCUT2D eigenvalue weighted by molar-refractivity contribution is -0.143. The number of benzene rings is 2. The van der Waals surface area contributed by atoms with E-state index < -0.39 is 38.9 Å². The van der Waals surface area contributed by atoms with Gasteiger partial charge in [0.15, 0.2) is 0 Å². The smallest absolute Gasteiger partial charge is 0.399 e. The highest BCUT2D eigenvalue weighted by molar-refractivity contribution is 7.91. The van der Waals surface area contributed by atoms with Crippen molar-refractivity contribution >= 4 is 21.3 Å². The highest BCUT2D eigenvalue weighted by Crippen LogP contribution is 2.39. The monoisotopic (exact) mass is 515 g/mol. The molecule has 12 heteroatoms. The minimum Gasteiger partial charge on any atom is -0.399 e. The van der Waals surface area contributed by atoms with Crippen molar-refractivity contribution in [3.8, 4) is 11.3 Å². The number of rotatable bonds is 4. The first-order valence-electron chi connectivity index (χ1n) is 10.4. The molecule has 0 radical (unpaired) electrons. The van der Waals surface area contributed by atoms with Gasteiger partial charge in [0, 0.05) is 24.3 Å². The Morgan fingerprint density at radius 1 is 0.771 bits per heavy atom. The fourth-order valence-corrected chi connectivity index (χ4v) is 5.08. The number of nitrogen functional groups attached to an aromatic ring is 1. The van der Waals surface area contributed by atoms with Crippen LogP contribution in [0.2, 0.25) is 0 Å². The second-order valence-corrected chi connectivity index (χ2v) is 10.1. The summed E-state index contributed by atoms with van der Waals surface area (Å²) in [5, 5.41) is 0. The van der Waals surface area contributed by atoms with E-state index in [0.29, 0.717) is 30.9 Å². The number of hydrogen-bond donors (Lipinski definition) is 1. The van der Waals surface area contributed by atoms with E-state index in [0.717, 1.165) is 18.9 Å². The third kappa shape index (κ3) is 5.21. The lowest BCUT2D eigenvalue weighted by Gasteiger charge is -2.20. The molecule has 1 aliphatic heterocycles. The highest BCUT2D eigenvalue weighted by atomic mass is 32.2. The van der Waals surface area contributed by atoms with Crippen LogP contribution in [0.3, 0.4) is 0 Å². The van der Waals surface area contributed by atoms with E-state index in [-0.39, 0.29) is 27.4 Å². The summed E-state index contributed by atoms with van der Waals surface area (Å²) < 4.78 is 107. The van der Waals surface area contributed by atoms with Crippen LogP contribution in [0.15, 0.2) is 64.4 Å². The van der Waals surface area contributed by atoms with Crippen molar-refractivity contribution < 1.29 is 34.8 Å². The number of anilines is 2. The fraction of sp³-hybridized carbons (Fsp3) is 0.261. The summed E-state index contributed by atoms with van der Waals surface area (Å²) in [5.74, 6) is 0.153. The van der Waals surface area contributed by atoms with Crippen molar-refractivity contribution in [2.24, 2.45) is 0 Å². The van der Waals surface area contributed by atoms with Gasteiger partial charge in [-0.05, 0) is 67.4 Å². The minimum absolute atomic E-state index is 0.0137. The fourth-order valence-electron chi connectivity index (χ4n) is 3.79. The molecular formula is C23H19F6N3O2S. The maximum atomic E-state index is 13.4. The van der Waals surface area contributed by atoms with E-state index in [1.54, 1.807) is 4.90 Å². The molecule has 0 spiro atoms. The van der Waals surface area contributed by atoms with Gasteiger partial charge in [-0.15, -0.1) is 0 Å². The molecule has 1 aromatic heterocycles. The Labute approximate surface area is 197 Å². The van der Waals surface area contributed by atoms with Crippen LogP contribution in [-0.4, -0.2) is 26.5 Å². The summed E-state index contributed by atoms with van der Waals surface area (Å²) in [4.78, 5) is 5.57. The van der Waals surface area contributed by atoms with Gasteiger partial charge in [-0.2, -0.15) is 26.3 Å². The number of nitrogens with two attached hydrogens (primary N) is 1. The van der Waals surface area contributed by atoms with Gasteiger partial charge in [0.2, 0.25) is 9.84 Å². The third-order valence-corrected chi connectivity index (χ3v) is 7.35. The zero-order valence-corrected chi connectivity index (χ0v) is 18.8. The first-order chi connectivity index (χ1) is 16.2. The third-order valence-electron chi connectivity index (χ3n) is 5.60. The molecule has 0 saturated carbocycles. The van der Waals surface area contributed by atoms with Gasteiger partial charge in [0.1, 0.15) is 5.82 Å². The van der Waals surface area contributed by atoms with E-state index in [2.05, 4.69) is 4.98 Å². The van der Waals surface area contributed by atoms with Gasteiger partial charge in [0.25, 0.3) is 0 Å². The molecule has 4 rings (SSSR count). The average molecular weight is 515 g/mol. The molecule has 3 aromatic rings. The van der Waals surface area contributed by atoms with E-state index in [4.69, 9.17) is 5.73 Å². The summed E-state index contributed by atoms with van der Waals surface area (Å²) >= 11 is 0. The molecular weight excluding hydrogens is 496 g/mol. The first-order valence-corrected chi connectivity index (χ1v) is 11.9. The van der Waals surface area contributed by atoms with Crippen LogP contribution >= 0.6 is 0 Å². The standard InChI is InChI=1S/C23H19F6N3O2S/c24-22(25,26)15-9-14(10-16(11-15)23(27,28)29)20-12-19(13-21(31-20)32-7-1-2-8-32)35(33,34)18-5-3-17(30)4-6-18/h3-6,9-13H,1-2,7-8,30H2. The largest absolute Gasteiger partial charge is 0.416 e. The highest BCUT2D eigenvalue weighted by Gasteiger charge is 2.37. The van der Waals surface area contributed by atoms with Crippen molar-refractivity contribution in [1.29, 1.82) is 0 Å². The zero-order chi connectivity index (χ0) is 25.6. The predicted molar refractivity (Wildman–Crippen MR) is 117 cm³/mol. The Morgan fingerprint density at radius 2 is 1.31 bits per heavy atom. The molecule has 1 fully saturated rings. The topological polar surface area (TPSA) is 76.3 Å². The summed E-state index contributed by atoms with van der Waals surface area (Å²) in [6.07, 6.45) is -8.54. The summed E-state index contributed by atoms with van der Waals surface area (Å²) in [7, 11) is -4.18. The zero-order valence-electron chi connectivity index (χ0n) is 18.0. The number of halogens is 6. The molecule has 2 heterocycles. The van der Waals surface area contributed by atoms with Crippen molar-refractivity contribution in [3.05, 3.63) is 65.7 Å². The molecule has 0 atom stereocenters. The molecule has 2 aromatic carbocycles. The van der Waals surface area contributed by atoms with Crippen LogP contribution in [0.1, 0.15) is 24.0 Å². The Hall–Kier alpha value is -3.28. The molecule has 0 unspecified atom stereocenters. The van der Waals surface area contributed by atoms with Crippen LogP contribution in [-0.2, 0) is 22.2 Å². The number of aromatic nitrogens is 1. The van der Waals surface area contributed by atoms with Crippen LogP contribution in [0, 0.1) is 0 Å². The first kappa shape index (κ1) is 24.8. The van der Waals surface area contributed by atoms with Crippen LogP contribution in [0.4, 0.5) is 37.8 Å². The maximum Gasteiger partial charge on any atom is 0.416 e. The van der Waals surface area contributed by atoms with E-state index in [1.807, 2.05) is 0 Å². The minimum atomic E-state index is -5.05. The van der Waals surface area contributed by atoms with Crippen molar-refractivity contribution in [1.82, 2.24) is 4.98 Å². The van der Waals surface area contributed by atoms with E-state index >= 15 is 0 Å². The number of hydrogen-bond acceptors (Lipinski definition) is 5. The Bertz CT molecular complexity index is 1310. The Morgan fingerprint density at radius 3 is 1.83 bits per heavy atom. The SMILES string of the molecule is Nc1ccc(S(=O)(=O)c2cc(-c3cc(C(F)(F)F)cc(C(F)(F)F)c3)nc(N3CCCC3)c2)cc1. The number of nitrogens with zero attached hydrogens (tertiary/aromatic N) is 2. The van der Waals surface area contributed by atoms with Gasteiger partial charge in [0.05, 0.1) is 26.6 Å². The lowest BCUT2D eigenvalue weighted by Crippen LogP contribution is -2.20. The average Bonchev–Trinajstić information content (AvgIpc) is 3.33. The van der Waals surface area contributed by atoms with Gasteiger partial charge < -0.3 is 10.6 Å². The van der Waals surface area contributed by atoms with Gasteiger partial charge in [-0.3, -0.25) is 0 Å². The normalized spacial score (nSPS) is 15.0. The molecule has 0 aliphatic carbocycles. The summed E-state index contributed by atoms with van der Waals surface area (Å²) in [6, 6.07) is 8.63. The number of sulfone groups is 1. The second-order valence-electron chi connectivity index (χ2n) is 8.11. The molecule has 0 amide bonds. The van der Waals surface area contributed by atoms with Crippen molar-refractivity contribution in [2.75, 3.05) is 23.7 Å². The predicted octanol–water partition coefficient (Wildman–Crippen LogP) is 5.80. The molecule has 186 valence electrons. The second kappa shape index (κ2) is 8.74. The molecule has 2 N–H and O–H groups in total. The molecule has 0 bridgehead atoms. The molecule has 1 saturated heterocycles. The number of alkyl halides is 6. The Balaban J connectivity index is 1.94. The Kier molecular flexibility index (Phi) is 6.20. The van der Waals surface area contributed by atoms with Crippen LogP contribution < -0.4 is 10.6 Å². The molecule has 35 heavy (non-hydrogen) atoms. The number of pyridine rings is 1. The molecule has 5 nitrogen and oxygen atoms in total. The van der Waals surface area contributed by atoms with Gasteiger partial charge in [-0.1, -0.05) is 0 Å². The maximum absolute atomic E-state index is 13.4. The van der Waals surface area contributed by atoms with E-state index in [9.17, 15) is 34.8 Å². The lowest BCUT2D eigenvalue weighted by atomic mass is 10.0. The van der Waals surface area contributed by atoms with Crippen LogP contribution in [0.25, 0.3) is 11.3 Å². The summed E-state index contributed by atoms with van der Waals surface area (Å²) in [6.45, 7) is 1.04. The van der Waals surface area contributed by atoms with Crippen molar-refractivity contribution in [2.45, 2.75) is 35.0 Å². The quantitative estimate of drug-likeness (QED) is 0.351. The van der Waals surface area contributed by atoms with Gasteiger partial charge >= 0.3 is 12.4 Å². The molecule has 1 aliphatic rings. The van der Waals surface area contributed by atoms with Crippen LogP contribution in [0.5, 0.6) is 0 Å². The summed E-state index contributed by atoms with van der Waals surface area (Å²) in [5.41, 5.74) is 2.09. The van der Waals surface area contributed by atoms with E-state index in [1.165, 1.54) is 30.3 Å². The van der Waals surface area contributed by atoms with Crippen molar-refractivity contribution in [3.63, 3.8) is 0 Å².